The smallest absolute Gasteiger partial charge is 0.0965 e. The SMILES string of the molecule is OC(c1cc2ccccc2s1)C1CCc2cccnc21. The fourth-order valence-corrected chi connectivity index (χ4v) is 4.21. The maximum absolute atomic E-state index is 10.7. The zero-order valence-electron chi connectivity index (χ0n) is 11.0. The molecule has 20 heavy (non-hydrogen) atoms. The van der Waals surface area contributed by atoms with Crippen molar-refractivity contribution in [2.24, 2.45) is 0 Å². The van der Waals surface area contributed by atoms with Crippen molar-refractivity contribution in [3.05, 3.63) is 64.8 Å². The van der Waals surface area contributed by atoms with Gasteiger partial charge in [0, 0.05) is 27.4 Å². The minimum Gasteiger partial charge on any atom is -0.387 e. The van der Waals surface area contributed by atoms with E-state index in [1.54, 1.807) is 11.3 Å². The van der Waals surface area contributed by atoms with Crippen molar-refractivity contribution < 1.29 is 5.11 Å². The van der Waals surface area contributed by atoms with Gasteiger partial charge in [-0.2, -0.15) is 0 Å². The van der Waals surface area contributed by atoms with Crippen LogP contribution in [0.4, 0.5) is 0 Å². The number of aliphatic hydroxyl groups excluding tert-OH is 1. The lowest BCUT2D eigenvalue weighted by molar-refractivity contribution is 0.147. The number of fused-ring (bicyclic) bond motifs is 2. The Hall–Kier alpha value is -1.71. The van der Waals surface area contributed by atoms with Crippen LogP contribution in [-0.4, -0.2) is 10.1 Å². The second-order valence-electron chi connectivity index (χ2n) is 5.32. The molecule has 2 heterocycles. The fourth-order valence-electron chi connectivity index (χ4n) is 3.10. The predicted octanol–water partition coefficient (Wildman–Crippen LogP) is 4.06. The van der Waals surface area contributed by atoms with Gasteiger partial charge < -0.3 is 5.11 Å². The van der Waals surface area contributed by atoms with Crippen molar-refractivity contribution >= 4 is 21.4 Å². The molecule has 1 aliphatic carbocycles. The van der Waals surface area contributed by atoms with Crippen molar-refractivity contribution in [3.8, 4) is 0 Å². The number of rotatable bonds is 2. The Bertz CT molecular complexity index is 731. The summed E-state index contributed by atoms with van der Waals surface area (Å²) in [5.41, 5.74) is 2.37. The third-order valence-electron chi connectivity index (χ3n) is 4.12. The largest absolute Gasteiger partial charge is 0.387 e. The maximum Gasteiger partial charge on any atom is 0.0965 e. The molecule has 0 saturated carbocycles. The van der Waals surface area contributed by atoms with Gasteiger partial charge in [0.15, 0.2) is 0 Å². The van der Waals surface area contributed by atoms with Crippen LogP contribution in [0.1, 0.15) is 34.6 Å². The van der Waals surface area contributed by atoms with E-state index >= 15 is 0 Å². The lowest BCUT2D eigenvalue weighted by atomic mass is 9.98. The van der Waals surface area contributed by atoms with Gasteiger partial charge in [0.25, 0.3) is 0 Å². The molecule has 1 N–H and O–H groups in total. The topological polar surface area (TPSA) is 33.1 Å². The molecule has 2 nitrogen and oxygen atoms in total. The van der Waals surface area contributed by atoms with Crippen LogP contribution in [0.2, 0.25) is 0 Å². The first-order valence-corrected chi connectivity index (χ1v) is 7.75. The Morgan fingerprint density at radius 2 is 2.10 bits per heavy atom. The minimum atomic E-state index is -0.441. The number of aliphatic hydroxyl groups is 1. The molecule has 2 aromatic heterocycles. The number of pyridine rings is 1. The van der Waals surface area contributed by atoms with Gasteiger partial charge in [0.2, 0.25) is 0 Å². The minimum absolute atomic E-state index is 0.138. The van der Waals surface area contributed by atoms with Crippen LogP contribution in [0.5, 0.6) is 0 Å². The highest BCUT2D eigenvalue weighted by atomic mass is 32.1. The summed E-state index contributed by atoms with van der Waals surface area (Å²) >= 11 is 1.69. The molecule has 3 aromatic rings. The lowest BCUT2D eigenvalue weighted by Crippen LogP contribution is -2.07. The summed E-state index contributed by atoms with van der Waals surface area (Å²) < 4.78 is 1.24. The molecule has 3 heteroatoms. The van der Waals surface area contributed by atoms with Crippen molar-refractivity contribution in [1.29, 1.82) is 0 Å². The summed E-state index contributed by atoms with van der Waals surface area (Å²) in [4.78, 5) is 5.54. The third kappa shape index (κ3) is 1.86. The molecule has 0 amide bonds. The molecule has 1 aromatic carbocycles. The molecule has 2 unspecified atom stereocenters. The molecule has 2 atom stereocenters. The number of hydrogen-bond donors (Lipinski definition) is 1. The predicted molar refractivity (Wildman–Crippen MR) is 82.1 cm³/mol. The number of aryl methyl sites for hydroxylation is 1. The first-order chi connectivity index (χ1) is 9.83. The highest BCUT2D eigenvalue weighted by molar-refractivity contribution is 7.19. The zero-order chi connectivity index (χ0) is 13.5. The van der Waals surface area contributed by atoms with Crippen LogP contribution in [0.3, 0.4) is 0 Å². The van der Waals surface area contributed by atoms with Crippen molar-refractivity contribution in [1.82, 2.24) is 4.98 Å². The summed E-state index contributed by atoms with van der Waals surface area (Å²) in [6.07, 6.45) is 3.40. The van der Waals surface area contributed by atoms with Gasteiger partial charge in [0.05, 0.1) is 6.10 Å². The number of hydrogen-bond acceptors (Lipinski definition) is 3. The number of aromatic nitrogens is 1. The van der Waals surface area contributed by atoms with Crippen molar-refractivity contribution in [2.75, 3.05) is 0 Å². The monoisotopic (exact) mass is 281 g/mol. The zero-order valence-corrected chi connectivity index (χ0v) is 11.8. The van der Waals surface area contributed by atoms with E-state index in [4.69, 9.17) is 0 Å². The molecular formula is C17H15NOS. The van der Waals surface area contributed by atoms with Crippen LogP contribution < -0.4 is 0 Å². The second kappa shape index (κ2) is 4.69. The Labute approximate surface area is 121 Å². The van der Waals surface area contributed by atoms with Gasteiger partial charge in [-0.05, 0) is 42.0 Å². The number of nitrogens with zero attached hydrogens (tertiary/aromatic N) is 1. The summed E-state index contributed by atoms with van der Waals surface area (Å²) in [7, 11) is 0. The van der Waals surface area contributed by atoms with E-state index in [1.165, 1.54) is 15.6 Å². The maximum atomic E-state index is 10.7. The molecule has 0 saturated heterocycles. The van der Waals surface area contributed by atoms with Crippen LogP contribution in [0.15, 0.2) is 48.7 Å². The number of benzene rings is 1. The molecule has 0 aliphatic heterocycles. The quantitative estimate of drug-likeness (QED) is 0.768. The fraction of sp³-hybridized carbons (Fsp3) is 0.235. The van der Waals surface area contributed by atoms with E-state index in [1.807, 2.05) is 24.4 Å². The Morgan fingerprint density at radius 3 is 3.00 bits per heavy atom. The molecule has 1 aliphatic rings. The van der Waals surface area contributed by atoms with Gasteiger partial charge in [-0.3, -0.25) is 4.98 Å². The lowest BCUT2D eigenvalue weighted by Gasteiger charge is -2.16. The summed E-state index contributed by atoms with van der Waals surface area (Å²) in [6, 6.07) is 14.5. The van der Waals surface area contributed by atoms with Crippen LogP contribution in [-0.2, 0) is 6.42 Å². The summed E-state index contributed by atoms with van der Waals surface area (Å²) in [5.74, 6) is 0.138. The van der Waals surface area contributed by atoms with E-state index in [-0.39, 0.29) is 5.92 Å². The van der Waals surface area contributed by atoms with Crippen molar-refractivity contribution in [3.63, 3.8) is 0 Å². The summed E-state index contributed by atoms with van der Waals surface area (Å²) in [6.45, 7) is 0. The van der Waals surface area contributed by atoms with E-state index in [0.717, 1.165) is 23.4 Å². The average Bonchev–Trinajstić information content (AvgIpc) is 3.10. The van der Waals surface area contributed by atoms with E-state index < -0.39 is 6.10 Å². The molecule has 4 rings (SSSR count). The Kier molecular flexibility index (Phi) is 2.83. The molecule has 0 spiro atoms. The summed E-state index contributed by atoms with van der Waals surface area (Å²) in [5, 5.41) is 12.0. The molecule has 0 fully saturated rings. The highest BCUT2D eigenvalue weighted by Crippen LogP contribution is 2.43. The van der Waals surface area contributed by atoms with Gasteiger partial charge >= 0.3 is 0 Å². The standard InChI is InChI=1S/C17H15NOS/c19-17(13-8-7-11-5-3-9-18-16(11)13)15-10-12-4-1-2-6-14(12)20-15/h1-6,9-10,13,17,19H,7-8H2. The first kappa shape index (κ1) is 12.1. The highest BCUT2D eigenvalue weighted by Gasteiger charge is 2.31. The van der Waals surface area contributed by atoms with E-state index in [0.29, 0.717) is 0 Å². The first-order valence-electron chi connectivity index (χ1n) is 6.93. The normalized spacial score (nSPS) is 19.1. The van der Waals surface area contributed by atoms with Gasteiger partial charge in [0.1, 0.15) is 0 Å². The third-order valence-corrected chi connectivity index (χ3v) is 5.31. The Balaban J connectivity index is 1.72. The average molecular weight is 281 g/mol. The van der Waals surface area contributed by atoms with Crippen LogP contribution in [0, 0.1) is 0 Å². The van der Waals surface area contributed by atoms with Gasteiger partial charge in [-0.1, -0.05) is 24.3 Å². The van der Waals surface area contributed by atoms with Crippen LogP contribution in [0.25, 0.3) is 10.1 Å². The second-order valence-corrected chi connectivity index (χ2v) is 6.44. The Morgan fingerprint density at radius 1 is 1.20 bits per heavy atom. The molecule has 0 radical (unpaired) electrons. The number of thiophene rings is 1. The van der Waals surface area contributed by atoms with Crippen LogP contribution >= 0.6 is 11.3 Å². The molecule has 0 bridgehead atoms. The van der Waals surface area contributed by atoms with Gasteiger partial charge in [-0.15, -0.1) is 11.3 Å². The van der Waals surface area contributed by atoms with Gasteiger partial charge in [-0.25, -0.2) is 0 Å². The molecular weight excluding hydrogens is 266 g/mol. The molecule has 100 valence electrons. The van der Waals surface area contributed by atoms with Crippen molar-refractivity contribution in [2.45, 2.75) is 24.9 Å². The van der Waals surface area contributed by atoms with E-state index in [9.17, 15) is 5.11 Å². The van der Waals surface area contributed by atoms with E-state index in [2.05, 4.69) is 29.2 Å².